The van der Waals surface area contributed by atoms with Gasteiger partial charge in [-0.3, -0.25) is 9.78 Å². The Morgan fingerprint density at radius 3 is 2.44 bits per heavy atom. The number of pyridine rings is 1. The fourth-order valence-corrected chi connectivity index (χ4v) is 2.77. The largest absolute Gasteiger partial charge is 0.489 e. The summed E-state index contributed by atoms with van der Waals surface area (Å²) < 4.78 is 5.77. The van der Waals surface area contributed by atoms with Gasteiger partial charge in [0.1, 0.15) is 12.4 Å². The van der Waals surface area contributed by atoms with E-state index in [1.807, 2.05) is 74.5 Å². The molecular formula is C23H24N2O2. The van der Waals surface area contributed by atoms with E-state index < -0.39 is 0 Å². The van der Waals surface area contributed by atoms with Gasteiger partial charge in [0.25, 0.3) is 0 Å². The second kappa shape index (κ2) is 8.99. The van der Waals surface area contributed by atoms with E-state index in [1.54, 1.807) is 12.4 Å². The van der Waals surface area contributed by atoms with E-state index in [4.69, 9.17) is 4.74 Å². The molecule has 1 N–H and O–H groups in total. The summed E-state index contributed by atoms with van der Waals surface area (Å²) in [7, 11) is 0. The number of carbonyl (C=O) groups is 1. The Bertz CT molecular complexity index is 859. The number of amides is 1. The average Bonchev–Trinajstić information content (AvgIpc) is 2.69. The third kappa shape index (κ3) is 5.68. The van der Waals surface area contributed by atoms with E-state index >= 15 is 0 Å². The van der Waals surface area contributed by atoms with E-state index in [0.717, 1.165) is 22.4 Å². The lowest BCUT2D eigenvalue weighted by atomic mass is 10.1. The summed E-state index contributed by atoms with van der Waals surface area (Å²) in [5.74, 6) is 0.809. The van der Waals surface area contributed by atoms with Crippen LogP contribution >= 0.6 is 0 Å². The van der Waals surface area contributed by atoms with Crippen LogP contribution in [0, 0.1) is 6.92 Å². The van der Waals surface area contributed by atoms with Crippen molar-refractivity contribution in [3.05, 3.63) is 95.3 Å². The first kappa shape index (κ1) is 18.6. The molecule has 0 radical (unpaired) electrons. The van der Waals surface area contributed by atoms with Crippen molar-refractivity contribution in [1.82, 2.24) is 10.3 Å². The summed E-state index contributed by atoms with van der Waals surface area (Å²) in [6, 6.07) is 19.7. The van der Waals surface area contributed by atoms with Crippen molar-refractivity contribution in [3.63, 3.8) is 0 Å². The number of benzene rings is 2. The summed E-state index contributed by atoms with van der Waals surface area (Å²) >= 11 is 0. The lowest BCUT2D eigenvalue weighted by molar-refractivity contribution is -0.121. The van der Waals surface area contributed by atoms with Crippen LogP contribution < -0.4 is 10.1 Å². The number of carbonyl (C=O) groups excluding carboxylic acids is 1. The highest BCUT2D eigenvalue weighted by molar-refractivity contribution is 5.79. The second-order valence-corrected chi connectivity index (χ2v) is 6.67. The monoisotopic (exact) mass is 360 g/mol. The van der Waals surface area contributed by atoms with E-state index in [1.165, 1.54) is 5.56 Å². The van der Waals surface area contributed by atoms with Gasteiger partial charge in [-0.2, -0.15) is 0 Å². The van der Waals surface area contributed by atoms with Gasteiger partial charge in [0.2, 0.25) is 5.91 Å². The van der Waals surface area contributed by atoms with E-state index in [9.17, 15) is 4.79 Å². The Morgan fingerprint density at radius 2 is 1.78 bits per heavy atom. The summed E-state index contributed by atoms with van der Waals surface area (Å²) in [5.41, 5.74) is 4.28. The number of aryl methyl sites for hydroxylation is 1. The highest BCUT2D eigenvalue weighted by Gasteiger charge is 2.10. The predicted octanol–water partition coefficient (Wildman–Crippen LogP) is 4.39. The van der Waals surface area contributed by atoms with Crippen molar-refractivity contribution in [3.8, 4) is 5.75 Å². The molecule has 27 heavy (non-hydrogen) atoms. The van der Waals surface area contributed by atoms with Gasteiger partial charge in [-0.15, -0.1) is 0 Å². The number of rotatable bonds is 7. The Labute approximate surface area is 160 Å². The molecule has 0 bridgehead atoms. The molecule has 138 valence electrons. The van der Waals surface area contributed by atoms with Crippen molar-refractivity contribution in [2.24, 2.45) is 0 Å². The number of hydrogen-bond donors (Lipinski definition) is 1. The summed E-state index contributed by atoms with van der Waals surface area (Å²) in [6.07, 6.45) is 3.92. The van der Waals surface area contributed by atoms with Gasteiger partial charge in [0.05, 0.1) is 12.5 Å². The molecule has 1 atom stereocenters. The molecule has 3 rings (SSSR count). The molecule has 1 heterocycles. The molecule has 4 nitrogen and oxygen atoms in total. The lowest BCUT2D eigenvalue weighted by Gasteiger charge is -2.15. The van der Waals surface area contributed by atoms with Gasteiger partial charge in [-0.25, -0.2) is 0 Å². The van der Waals surface area contributed by atoms with E-state index in [2.05, 4.69) is 10.3 Å². The zero-order valence-electron chi connectivity index (χ0n) is 15.7. The first-order valence-corrected chi connectivity index (χ1v) is 9.07. The molecule has 0 aliphatic carbocycles. The van der Waals surface area contributed by atoms with Crippen LogP contribution in [0.25, 0.3) is 0 Å². The minimum atomic E-state index is -0.0599. The van der Waals surface area contributed by atoms with Gasteiger partial charge in [0.15, 0.2) is 0 Å². The van der Waals surface area contributed by atoms with E-state index in [-0.39, 0.29) is 11.9 Å². The van der Waals surface area contributed by atoms with Gasteiger partial charge < -0.3 is 10.1 Å². The number of nitrogens with zero attached hydrogens (tertiary/aromatic N) is 1. The van der Waals surface area contributed by atoms with Crippen LogP contribution in [0.4, 0.5) is 0 Å². The molecule has 3 aromatic rings. The summed E-state index contributed by atoms with van der Waals surface area (Å²) in [6.45, 7) is 4.50. The Balaban J connectivity index is 1.51. The van der Waals surface area contributed by atoms with Gasteiger partial charge >= 0.3 is 0 Å². The highest BCUT2D eigenvalue weighted by atomic mass is 16.5. The standard InChI is InChI=1S/C23H24N2O2/c1-17-5-7-19(8-6-17)14-23(26)25-18(2)21-9-11-22(12-10-21)27-16-20-4-3-13-24-15-20/h3-13,15,18H,14,16H2,1-2H3,(H,25,26)/t18-/m0/s1. The van der Waals surface area contributed by atoms with Gasteiger partial charge in [-0.05, 0) is 43.2 Å². The minimum Gasteiger partial charge on any atom is -0.489 e. The lowest BCUT2D eigenvalue weighted by Crippen LogP contribution is -2.28. The van der Waals surface area contributed by atoms with Gasteiger partial charge in [0, 0.05) is 18.0 Å². The SMILES string of the molecule is Cc1ccc(CC(=O)N[C@@H](C)c2ccc(OCc3cccnc3)cc2)cc1. The van der Waals surface area contributed by atoms with Crippen LogP contribution in [-0.4, -0.2) is 10.9 Å². The summed E-state index contributed by atoms with van der Waals surface area (Å²) in [5, 5.41) is 3.05. The quantitative estimate of drug-likeness (QED) is 0.680. The molecule has 0 fully saturated rings. The zero-order valence-corrected chi connectivity index (χ0v) is 15.7. The third-order valence-electron chi connectivity index (χ3n) is 4.37. The van der Waals surface area contributed by atoms with Crippen LogP contribution in [-0.2, 0) is 17.8 Å². The van der Waals surface area contributed by atoms with E-state index in [0.29, 0.717) is 13.0 Å². The first-order chi connectivity index (χ1) is 13.1. The number of hydrogen-bond acceptors (Lipinski definition) is 3. The molecule has 1 amide bonds. The maximum Gasteiger partial charge on any atom is 0.224 e. The zero-order chi connectivity index (χ0) is 19.1. The van der Waals surface area contributed by atoms with Crippen molar-refractivity contribution < 1.29 is 9.53 Å². The molecule has 0 unspecified atom stereocenters. The molecule has 2 aromatic carbocycles. The Kier molecular flexibility index (Phi) is 6.21. The molecule has 0 aliphatic rings. The molecule has 0 saturated carbocycles. The van der Waals surface area contributed by atoms with Crippen molar-refractivity contribution in [1.29, 1.82) is 0 Å². The maximum absolute atomic E-state index is 12.3. The highest BCUT2D eigenvalue weighted by Crippen LogP contribution is 2.19. The molecule has 0 spiro atoms. The van der Waals surface area contributed by atoms with Crippen LogP contribution in [0.2, 0.25) is 0 Å². The van der Waals surface area contributed by atoms with Gasteiger partial charge in [-0.1, -0.05) is 48.0 Å². The molecular weight excluding hydrogens is 336 g/mol. The smallest absolute Gasteiger partial charge is 0.224 e. The fourth-order valence-electron chi connectivity index (χ4n) is 2.77. The van der Waals surface area contributed by atoms with Crippen LogP contribution in [0.3, 0.4) is 0 Å². The number of nitrogens with one attached hydrogen (secondary N) is 1. The van der Waals surface area contributed by atoms with Crippen LogP contribution in [0.5, 0.6) is 5.75 Å². The fraction of sp³-hybridized carbons (Fsp3) is 0.217. The number of aromatic nitrogens is 1. The van der Waals surface area contributed by atoms with Crippen molar-refractivity contribution in [2.75, 3.05) is 0 Å². The predicted molar refractivity (Wildman–Crippen MR) is 106 cm³/mol. The second-order valence-electron chi connectivity index (χ2n) is 6.67. The topological polar surface area (TPSA) is 51.2 Å². The van der Waals surface area contributed by atoms with Crippen LogP contribution in [0.15, 0.2) is 73.1 Å². The molecule has 4 heteroatoms. The normalized spacial score (nSPS) is 11.6. The van der Waals surface area contributed by atoms with Crippen LogP contribution in [0.1, 0.15) is 35.2 Å². The molecule has 0 aliphatic heterocycles. The minimum absolute atomic E-state index is 0.0169. The summed E-state index contributed by atoms with van der Waals surface area (Å²) in [4.78, 5) is 16.3. The van der Waals surface area contributed by atoms with Crippen molar-refractivity contribution in [2.45, 2.75) is 32.9 Å². The third-order valence-corrected chi connectivity index (χ3v) is 4.37. The maximum atomic E-state index is 12.3. The Morgan fingerprint density at radius 1 is 1.04 bits per heavy atom. The molecule has 0 saturated heterocycles. The Hall–Kier alpha value is -3.14. The number of ether oxygens (including phenoxy) is 1. The van der Waals surface area contributed by atoms with Crippen molar-refractivity contribution >= 4 is 5.91 Å². The first-order valence-electron chi connectivity index (χ1n) is 9.07. The average molecular weight is 360 g/mol. The molecule has 1 aromatic heterocycles.